The van der Waals surface area contributed by atoms with Crippen molar-refractivity contribution in [2.75, 3.05) is 6.54 Å². The van der Waals surface area contributed by atoms with Crippen LogP contribution in [0, 0.1) is 5.92 Å². The molecule has 0 aliphatic carbocycles. The summed E-state index contributed by atoms with van der Waals surface area (Å²) in [6.07, 6.45) is -8.87. The molecule has 1 N–H and O–H groups in total. The van der Waals surface area contributed by atoms with Crippen LogP contribution in [0.3, 0.4) is 0 Å². The van der Waals surface area contributed by atoms with E-state index >= 15 is 0 Å². The first-order chi connectivity index (χ1) is 17.2. The highest BCUT2D eigenvalue weighted by atomic mass is 19.4. The smallest absolute Gasteiger partial charge is 0.418 e. The molecule has 37 heavy (non-hydrogen) atoms. The van der Waals surface area contributed by atoms with Gasteiger partial charge in [-0.25, -0.2) is 14.5 Å². The lowest BCUT2D eigenvalue weighted by Gasteiger charge is -2.35. The summed E-state index contributed by atoms with van der Waals surface area (Å²) >= 11 is 0. The van der Waals surface area contributed by atoms with Crippen LogP contribution in [-0.2, 0) is 11.3 Å². The molecule has 0 unspecified atom stereocenters. The highest BCUT2D eigenvalue weighted by molar-refractivity contribution is 5.92. The largest absolute Gasteiger partial charge is 0.441 e. The number of amides is 3. The Labute approximate surface area is 208 Å². The van der Waals surface area contributed by atoms with E-state index in [9.17, 15) is 35.9 Å². The fourth-order valence-corrected chi connectivity index (χ4v) is 3.74. The van der Waals surface area contributed by atoms with Gasteiger partial charge in [0.1, 0.15) is 6.10 Å². The number of fused-ring (bicyclic) bond motifs is 1. The number of hydrogen-bond acceptors (Lipinski definition) is 4. The van der Waals surface area contributed by atoms with E-state index in [1.54, 1.807) is 12.4 Å². The second kappa shape index (κ2) is 10.7. The van der Waals surface area contributed by atoms with E-state index in [2.05, 4.69) is 16.9 Å². The van der Waals surface area contributed by atoms with Crippen molar-refractivity contribution >= 4 is 22.9 Å². The van der Waals surface area contributed by atoms with E-state index < -0.39 is 47.6 Å². The van der Waals surface area contributed by atoms with Gasteiger partial charge in [0.25, 0.3) is 0 Å². The number of carbonyl (C=O) groups is 2. The number of imide groups is 1. The second-order valence-electron chi connectivity index (χ2n) is 8.57. The van der Waals surface area contributed by atoms with Crippen LogP contribution in [0.4, 0.5) is 35.9 Å². The van der Waals surface area contributed by atoms with Crippen LogP contribution in [0.15, 0.2) is 72.1 Å². The van der Waals surface area contributed by atoms with Crippen LogP contribution in [0.5, 0.6) is 0 Å². The van der Waals surface area contributed by atoms with Crippen LogP contribution < -0.4 is 5.32 Å². The Morgan fingerprint density at radius 1 is 1.16 bits per heavy atom. The summed E-state index contributed by atoms with van der Waals surface area (Å²) in [5, 5.41) is 4.30. The minimum Gasteiger partial charge on any atom is -0.441 e. The lowest BCUT2D eigenvalue weighted by atomic mass is 9.94. The van der Waals surface area contributed by atoms with Gasteiger partial charge in [-0.2, -0.15) is 26.3 Å². The molecule has 2 atom stereocenters. The first-order valence-corrected chi connectivity index (χ1v) is 11.0. The van der Waals surface area contributed by atoms with Crippen LogP contribution in [-0.4, -0.2) is 47.0 Å². The summed E-state index contributed by atoms with van der Waals surface area (Å²) in [4.78, 5) is 30.0. The molecule has 0 bridgehead atoms. The van der Waals surface area contributed by atoms with E-state index in [-0.39, 0.29) is 24.7 Å². The van der Waals surface area contributed by atoms with Gasteiger partial charge in [-0.1, -0.05) is 37.8 Å². The predicted molar refractivity (Wildman–Crippen MR) is 123 cm³/mol. The fraction of sp³-hybridized carbons (Fsp3) is 0.320. The Hall–Kier alpha value is -3.83. The van der Waals surface area contributed by atoms with Crippen LogP contribution in [0.2, 0.25) is 0 Å². The molecule has 0 spiro atoms. The SMILES string of the molecule is C=C(/C=C(\C=C(/C)C(F)(F)F)C(F)(F)F)[C@H]1OC(=O)N(C(=O)NCc2cncc3ccccc23)C[C@H]1C. The molecule has 6 nitrogen and oxygen atoms in total. The molecule has 1 saturated heterocycles. The minimum atomic E-state index is -5.11. The van der Waals surface area contributed by atoms with E-state index in [1.165, 1.54) is 6.92 Å². The maximum Gasteiger partial charge on any atom is 0.418 e. The van der Waals surface area contributed by atoms with Gasteiger partial charge >= 0.3 is 24.5 Å². The van der Waals surface area contributed by atoms with E-state index in [0.29, 0.717) is 18.6 Å². The molecule has 3 rings (SSSR count). The van der Waals surface area contributed by atoms with Gasteiger partial charge in [0.15, 0.2) is 0 Å². The van der Waals surface area contributed by atoms with Gasteiger partial charge < -0.3 is 10.1 Å². The van der Waals surface area contributed by atoms with Crippen molar-refractivity contribution < 1.29 is 40.7 Å². The number of aromatic nitrogens is 1. The van der Waals surface area contributed by atoms with Gasteiger partial charge in [0, 0.05) is 42.4 Å². The quantitative estimate of drug-likeness (QED) is 0.358. The summed E-state index contributed by atoms with van der Waals surface area (Å²) in [7, 11) is 0. The van der Waals surface area contributed by atoms with Gasteiger partial charge in [0.05, 0.1) is 5.57 Å². The van der Waals surface area contributed by atoms with Crippen molar-refractivity contribution in [3.8, 4) is 0 Å². The summed E-state index contributed by atoms with van der Waals surface area (Å²) in [5.41, 5.74) is -2.72. The summed E-state index contributed by atoms with van der Waals surface area (Å²) in [6, 6.07) is 6.57. The summed E-state index contributed by atoms with van der Waals surface area (Å²) in [5.74, 6) is -0.700. The average Bonchev–Trinajstić information content (AvgIpc) is 2.81. The molecule has 0 radical (unpaired) electrons. The Bertz CT molecular complexity index is 1260. The first-order valence-electron chi connectivity index (χ1n) is 11.0. The number of nitrogens with one attached hydrogen (secondary N) is 1. The lowest BCUT2D eigenvalue weighted by Crippen LogP contribution is -2.53. The molecular formula is C25H23F6N3O3. The van der Waals surface area contributed by atoms with Gasteiger partial charge in [0.2, 0.25) is 0 Å². The fourth-order valence-electron chi connectivity index (χ4n) is 3.74. The standard InChI is InChI=1S/C25H23F6N3O3/c1-14(8-19(25(29,30)31)9-16(3)24(26,27)28)21-15(2)13-34(23(36)37-21)22(35)33-12-18-11-32-10-17-6-4-5-7-20(17)18/h4-11,15,21H,1,12-13H2,2-3H3,(H,33,35)/b16-9+,19-8+/t15-,21-/m1/s1. The Balaban J connectivity index is 1.71. The third-order valence-corrected chi connectivity index (χ3v) is 5.71. The van der Waals surface area contributed by atoms with Gasteiger partial charge in [-0.05, 0) is 35.6 Å². The molecule has 0 saturated carbocycles. The Kier molecular flexibility index (Phi) is 7.99. The number of hydrogen-bond donors (Lipinski definition) is 1. The summed E-state index contributed by atoms with van der Waals surface area (Å²) in [6.45, 7) is 5.32. The number of nitrogens with zero attached hydrogens (tertiary/aromatic N) is 2. The minimum absolute atomic E-state index is 0.0393. The second-order valence-corrected chi connectivity index (χ2v) is 8.57. The number of pyridine rings is 1. The predicted octanol–water partition coefficient (Wildman–Crippen LogP) is 6.45. The molecule has 1 aliphatic heterocycles. The normalized spacial score (nSPS) is 19.6. The van der Waals surface area contributed by atoms with Gasteiger partial charge in [-0.3, -0.25) is 4.98 Å². The molecule has 1 aromatic carbocycles. The number of rotatable bonds is 5. The molecule has 1 aliphatic rings. The zero-order chi connectivity index (χ0) is 27.5. The van der Waals surface area contributed by atoms with Crippen LogP contribution >= 0.6 is 0 Å². The Morgan fingerprint density at radius 3 is 2.49 bits per heavy atom. The molecule has 198 valence electrons. The molecule has 2 aromatic rings. The van der Waals surface area contributed by atoms with Gasteiger partial charge in [-0.15, -0.1) is 0 Å². The number of urea groups is 1. The molecule has 3 amide bonds. The van der Waals surface area contributed by atoms with Crippen molar-refractivity contribution in [1.82, 2.24) is 15.2 Å². The monoisotopic (exact) mass is 527 g/mol. The van der Waals surface area contributed by atoms with E-state index in [0.717, 1.165) is 15.7 Å². The van der Waals surface area contributed by atoms with E-state index in [1.807, 2.05) is 24.3 Å². The third-order valence-electron chi connectivity index (χ3n) is 5.71. The number of cyclic esters (lactones) is 1. The maximum absolute atomic E-state index is 13.4. The highest BCUT2D eigenvalue weighted by Crippen LogP contribution is 2.34. The van der Waals surface area contributed by atoms with Crippen LogP contribution in [0.25, 0.3) is 10.8 Å². The number of ether oxygens (including phenoxy) is 1. The van der Waals surface area contributed by atoms with Crippen molar-refractivity contribution in [3.05, 3.63) is 77.7 Å². The lowest BCUT2D eigenvalue weighted by molar-refractivity contribution is -0.0954. The molecular weight excluding hydrogens is 504 g/mol. The Morgan fingerprint density at radius 2 is 1.84 bits per heavy atom. The first kappa shape index (κ1) is 27.8. The summed E-state index contributed by atoms with van der Waals surface area (Å²) < 4.78 is 83.6. The maximum atomic E-state index is 13.4. The topological polar surface area (TPSA) is 71.5 Å². The van der Waals surface area contributed by atoms with Crippen molar-refractivity contribution in [3.63, 3.8) is 0 Å². The van der Waals surface area contributed by atoms with Crippen molar-refractivity contribution in [2.45, 2.75) is 38.8 Å². The third kappa shape index (κ3) is 6.69. The molecule has 2 heterocycles. The zero-order valence-electron chi connectivity index (χ0n) is 19.8. The van der Waals surface area contributed by atoms with Crippen LogP contribution in [0.1, 0.15) is 19.4 Å². The van der Waals surface area contributed by atoms with Crippen molar-refractivity contribution in [2.24, 2.45) is 5.92 Å². The molecule has 1 aromatic heterocycles. The number of allylic oxidation sites excluding steroid dienone is 3. The number of halogens is 6. The number of alkyl halides is 6. The number of benzene rings is 1. The molecule has 1 fully saturated rings. The highest BCUT2D eigenvalue weighted by Gasteiger charge is 2.40. The zero-order valence-corrected chi connectivity index (χ0v) is 19.8. The van der Waals surface area contributed by atoms with Crippen molar-refractivity contribution in [1.29, 1.82) is 0 Å². The average molecular weight is 527 g/mol. The molecule has 12 heteroatoms. The number of carbonyl (C=O) groups excluding carboxylic acids is 2. The van der Waals surface area contributed by atoms with E-state index in [4.69, 9.17) is 4.74 Å².